The van der Waals surface area contributed by atoms with E-state index >= 15 is 0 Å². The van der Waals surface area contributed by atoms with Crippen molar-refractivity contribution in [3.8, 4) is 0 Å². The van der Waals surface area contributed by atoms with Crippen molar-refractivity contribution >= 4 is 27.3 Å². The maximum absolute atomic E-state index is 3.70. The van der Waals surface area contributed by atoms with Crippen LogP contribution in [-0.2, 0) is 6.42 Å². The molecule has 0 aliphatic carbocycles. The molecule has 3 heteroatoms. The minimum atomic E-state index is 0.418. The second kappa shape index (κ2) is 7.39. The van der Waals surface area contributed by atoms with Gasteiger partial charge in [-0.3, -0.25) is 0 Å². The minimum absolute atomic E-state index is 0.418. The maximum Gasteiger partial charge on any atom is 0.0371 e. The second-order valence-corrected chi connectivity index (χ2v) is 7.58. The molecule has 1 aromatic heterocycles. The van der Waals surface area contributed by atoms with Crippen LogP contribution in [0.4, 0.5) is 0 Å². The van der Waals surface area contributed by atoms with E-state index in [0.717, 1.165) is 17.4 Å². The van der Waals surface area contributed by atoms with Gasteiger partial charge in [0.05, 0.1) is 0 Å². The Bertz CT molecular complexity index is 545. The Hall–Kier alpha value is -0.640. The van der Waals surface area contributed by atoms with Crippen LogP contribution in [0.15, 0.2) is 34.8 Å². The van der Waals surface area contributed by atoms with Crippen LogP contribution < -0.4 is 5.32 Å². The molecule has 0 aliphatic rings. The zero-order valence-corrected chi connectivity index (χ0v) is 14.8. The second-order valence-electron chi connectivity index (χ2n) is 5.21. The average Bonchev–Trinajstić information content (AvgIpc) is 2.76. The molecule has 2 aromatic rings. The lowest BCUT2D eigenvalue weighted by Crippen LogP contribution is -2.24. The van der Waals surface area contributed by atoms with Crippen LogP contribution in [0.1, 0.15) is 40.3 Å². The largest absolute Gasteiger partial charge is 0.310 e. The van der Waals surface area contributed by atoms with E-state index in [0.29, 0.717) is 6.04 Å². The van der Waals surface area contributed by atoms with Crippen molar-refractivity contribution in [1.29, 1.82) is 0 Å². The summed E-state index contributed by atoms with van der Waals surface area (Å²) in [6, 6.07) is 11.4. The summed E-state index contributed by atoms with van der Waals surface area (Å²) in [5.41, 5.74) is 2.84. The van der Waals surface area contributed by atoms with Gasteiger partial charge in [0, 0.05) is 20.3 Å². The van der Waals surface area contributed by atoms with E-state index in [-0.39, 0.29) is 0 Å². The molecule has 0 saturated heterocycles. The average molecular weight is 352 g/mol. The summed E-state index contributed by atoms with van der Waals surface area (Å²) >= 11 is 5.40. The molecule has 2 rings (SSSR count). The van der Waals surface area contributed by atoms with Crippen molar-refractivity contribution in [1.82, 2.24) is 5.32 Å². The molecule has 1 aromatic carbocycles. The summed E-state index contributed by atoms with van der Waals surface area (Å²) in [6.45, 7) is 7.71. The molecule has 0 amide bonds. The summed E-state index contributed by atoms with van der Waals surface area (Å²) in [5, 5.41) is 3.70. The summed E-state index contributed by atoms with van der Waals surface area (Å²) < 4.78 is 1.14. The van der Waals surface area contributed by atoms with Crippen LogP contribution in [0, 0.1) is 13.8 Å². The highest BCUT2D eigenvalue weighted by atomic mass is 79.9. The van der Waals surface area contributed by atoms with Gasteiger partial charge in [0.2, 0.25) is 0 Å². The van der Waals surface area contributed by atoms with Crippen LogP contribution in [0.2, 0.25) is 0 Å². The van der Waals surface area contributed by atoms with Gasteiger partial charge in [0.25, 0.3) is 0 Å². The van der Waals surface area contributed by atoms with E-state index in [1.54, 1.807) is 0 Å². The quantitative estimate of drug-likeness (QED) is 0.733. The van der Waals surface area contributed by atoms with Gasteiger partial charge in [-0.25, -0.2) is 0 Å². The van der Waals surface area contributed by atoms with E-state index in [1.165, 1.54) is 27.3 Å². The monoisotopic (exact) mass is 351 g/mol. The summed E-state index contributed by atoms with van der Waals surface area (Å²) in [5.74, 6) is 0. The van der Waals surface area contributed by atoms with Gasteiger partial charge < -0.3 is 5.32 Å². The Labute approximate surface area is 134 Å². The number of halogens is 1. The molecular formula is C17H22BrNS. The molecule has 0 aliphatic heterocycles. The predicted octanol–water partition coefficient (Wildman–Crippen LogP) is 5.41. The molecule has 1 atom stereocenters. The van der Waals surface area contributed by atoms with E-state index in [1.807, 2.05) is 11.3 Å². The first-order valence-corrected chi connectivity index (χ1v) is 8.76. The van der Waals surface area contributed by atoms with Crippen LogP contribution in [0.5, 0.6) is 0 Å². The highest BCUT2D eigenvalue weighted by molar-refractivity contribution is 9.10. The van der Waals surface area contributed by atoms with Gasteiger partial charge in [0.1, 0.15) is 0 Å². The fourth-order valence-electron chi connectivity index (χ4n) is 2.46. The molecule has 0 radical (unpaired) electrons. The lowest BCUT2D eigenvalue weighted by Gasteiger charge is -2.19. The number of hydrogen-bond donors (Lipinski definition) is 1. The van der Waals surface area contributed by atoms with Crippen LogP contribution in [0.25, 0.3) is 0 Å². The van der Waals surface area contributed by atoms with Crippen LogP contribution in [0.3, 0.4) is 0 Å². The zero-order valence-electron chi connectivity index (χ0n) is 12.4. The normalized spacial score (nSPS) is 12.6. The first-order valence-electron chi connectivity index (χ1n) is 7.15. The molecule has 0 fully saturated rings. The van der Waals surface area contributed by atoms with Gasteiger partial charge in [-0.15, -0.1) is 11.3 Å². The lowest BCUT2D eigenvalue weighted by atomic mass is 9.99. The third-order valence-corrected chi connectivity index (χ3v) is 4.96. The van der Waals surface area contributed by atoms with Gasteiger partial charge in [0.15, 0.2) is 0 Å². The van der Waals surface area contributed by atoms with Gasteiger partial charge in [-0.2, -0.15) is 0 Å². The predicted molar refractivity (Wildman–Crippen MR) is 92.7 cm³/mol. The highest BCUT2D eigenvalue weighted by Gasteiger charge is 2.15. The van der Waals surface area contributed by atoms with E-state index in [2.05, 4.69) is 72.3 Å². The number of aryl methyl sites for hydroxylation is 2. The fraction of sp³-hybridized carbons (Fsp3) is 0.412. The smallest absolute Gasteiger partial charge is 0.0371 e. The SMILES string of the molecule is CCCNC(Cc1ccc(Br)cc1)c1cc(C)sc1C. The number of rotatable bonds is 6. The number of hydrogen-bond acceptors (Lipinski definition) is 2. The highest BCUT2D eigenvalue weighted by Crippen LogP contribution is 2.29. The molecule has 1 N–H and O–H groups in total. The molecular weight excluding hydrogens is 330 g/mol. The molecule has 108 valence electrons. The van der Waals surface area contributed by atoms with Crippen molar-refractivity contribution < 1.29 is 0 Å². The Kier molecular flexibility index (Phi) is 5.82. The zero-order chi connectivity index (χ0) is 14.5. The summed E-state index contributed by atoms with van der Waals surface area (Å²) in [4.78, 5) is 2.84. The van der Waals surface area contributed by atoms with Gasteiger partial charge >= 0.3 is 0 Å². The number of benzene rings is 1. The minimum Gasteiger partial charge on any atom is -0.310 e. The van der Waals surface area contributed by atoms with Crippen LogP contribution >= 0.6 is 27.3 Å². The summed E-state index contributed by atoms with van der Waals surface area (Å²) in [6.07, 6.45) is 2.21. The van der Waals surface area contributed by atoms with Crippen molar-refractivity contribution in [2.24, 2.45) is 0 Å². The van der Waals surface area contributed by atoms with Crippen molar-refractivity contribution in [3.63, 3.8) is 0 Å². The molecule has 20 heavy (non-hydrogen) atoms. The Balaban J connectivity index is 2.19. The molecule has 0 saturated carbocycles. The van der Waals surface area contributed by atoms with E-state index in [4.69, 9.17) is 0 Å². The molecule has 1 nitrogen and oxygen atoms in total. The van der Waals surface area contributed by atoms with E-state index < -0.39 is 0 Å². The molecule has 0 spiro atoms. The fourth-order valence-corrected chi connectivity index (χ4v) is 3.72. The number of thiophene rings is 1. The Morgan fingerprint density at radius 2 is 1.90 bits per heavy atom. The Morgan fingerprint density at radius 3 is 2.45 bits per heavy atom. The van der Waals surface area contributed by atoms with Crippen molar-refractivity contribution in [2.75, 3.05) is 6.54 Å². The lowest BCUT2D eigenvalue weighted by molar-refractivity contribution is 0.528. The first-order chi connectivity index (χ1) is 9.60. The van der Waals surface area contributed by atoms with Gasteiger partial charge in [-0.1, -0.05) is 35.0 Å². The first kappa shape index (κ1) is 15.7. The molecule has 0 bridgehead atoms. The topological polar surface area (TPSA) is 12.0 Å². The number of nitrogens with one attached hydrogen (secondary N) is 1. The van der Waals surface area contributed by atoms with Gasteiger partial charge in [-0.05, 0) is 62.6 Å². The third-order valence-electron chi connectivity index (χ3n) is 3.45. The Morgan fingerprint density at radius 1 is 1.20 bits per heavy atom. The standard InChI is InChI=1S/C17H22BrNS/c1-4-9-19-17(16-10-12(2)20-13(16)3)11-14-5-7-15(18)8-6-14/h5-8,10,17,19H,4,9,11H2,1-3H3. The van der Waals surface area contributed by atoms with Crippen molar-refractivity contribution in [2.45, 2.75) is 39.7 Å². The third kappa shape index (κ3) is 4.18. The maximum atomic E-state index is 3.70. The van der Waals surface area contributed by atoms with Crippen LogP contribution in [-0.4, -0.2) is 6.54 Å². The molecule has 1 heterocycles. The van der Waals surface area contributed by atoms with E-state index in [9.17, 15) is 0 Å². The molecule has 1 unspecified atom stereocenters. The van der Waals surface area contributed by atoms with Crippen molar-refractivity contribution in [3.05, 3.63) is 55.7 Å². The summed E-state index contributed by atoms with van der Waals surface area (Å²) in [7, 11) is 0.